The second kappa shape index (κ2) is 8.61. The lowest BCUT2D eigenvalue weighted by Gasteiger charge is -2.30. The van der Waals surface area contributed by atoms with Gasteiger partial charge in [0, 0.05) is 13.6 Å². The number of carboxylic acid groups (broad SMARTS) is 1. The maximum atomic E-state index is 12.0. The van der Waals surface area contributed by atoms with Crippen LogP contribution in [0.2, 0.25) is 0 Å². The predicted molar refractivity (Wildman–Crippen MR) is 77.7 cm³/mol. The number of hydrogen-bond acceptors (Lipinski definition) is 4. The Labute approximate surface area is 125 Å². The number of carboxylic acids is 1. The molecule has 0 atom stereocenters. The van der Waals surface area contributed by atoms with Crippen molar-refractivity contribution in [1.29, 1.82) is 0 Å². The second-order valence-corrected chi connectivity index (χ2v) is 5.49. The Balaban J connectivity index is 2.30. The van der Waals surface area contributed by atoms with E-state index in [4.69, 9.17) is 5.11 Å². The first-order valence-electron chi connectivity index (χ1n) is 7.39. The third-order valence-corrected chi connectivity index (χ3v) is 3.67. The first kappa shape index (κ1) is 17.4. The molecule has 1 aliphatic heterocycles. The summed E-state index contributed by atoms with van der Waals surface area (Å²) in [5, 5.41) is 11.7. The zero-order valence-corrected chi connectivity index (χ0v) is 12.8. The number of amides is 2. The summed E-state index contributed by atoms with van der Waals surface area (Å²) >= 11 is 0. The fraction of sp³-hybridized carbons (Fsp3) is 0.786. The van der Waals surface area contributed by atoms with Gasteiger partial charge >= 0.3 is 5.97 Å². The minimum atomic E-state index is -0.759. The lowest BCUT2D eigenvalue weighted by atomic mass is 9.97. The highest BCUT2D eigenvalue weighted by molar-refractivity contribution is 5.85. The Morgan fingerprint density at radius 1 is 1.29 bits per heavy atom. The second-order valence-electron chi connectivity index (χ2n) is 5.49. The highest BCUT2D eigenvalue weighted by Crippen LogP contribution is 2.16. The number of likely N-dealkylation sites (N-methyl/N-ethyl adjacent to an activating group) is 1. The van der Waals surface area contributed by atoms with Gasteiger partial charge in [0.2, 0.25) is 11.8 Å². The van der Waals surface area contributed by atoms with Gasteiger partial charge in [0.25, 0.3) is 0 Å². The Morgan fingerprint density at radius 2 is 1.90 bits per heavy atom. The van der Waals surface area contributed by atoms with Crippen molar-refractivity contribution >= 4 is 17.8 Å². The van der Waals surface area contributed by atoms with E-state index < -0.39 is 5.97 Å². The summed E-state index contributed by atoms with van der Waals surface area (Å²) in [5.41, 5.74) is 0. The van der Waals surface area contributed by atoms with Crippen LogP contribution in [0, 0.1) is 5.92 Å². The number of aliphatic carboxylic acids is 1. The number of rotatable bonds is 7. The molecular weight excluding hydrogens is 274 g/mol. The molecule has 0 bridgehead atoms. The monoisotopic (exact) mass is 299 g/mol. The fourth-order valence-electron chi connectivity index (χ4n) is 2.27. The predicted octanol–water partition coefficient (Wildman–Crippen LogP) is -0.232. The lowest BCUT2D eigenvalue weighted by Crippen LogP contribution is -2.45. The minimum Gasteiger partial charge on any atom is -0.481 e. The zero-order chi connectivity index (χ0) is 15.8. The van der Waals surface area contributed by atoms with Gasteiger partial charge in [0.05, 0.1) is 19.0 Å². The highest BCUT2D eigenvalue weighted by atomic mass is 16.4. The normalized spacial score (nSPS) is 16.5. The van der Waals surface area contributed by atoms with Crippen molar-refractivity contribution in [2.75, 3.05) is 39.8 Å². The van der Waals surface area contributed by atoms with Gasteiger partial charge in [0.1, 0.15) is 0 Å². The maximum absolute atomic E-state index is 12.0. The van der Waals surface area contributed by atoms with E-state index >= 15 is 0 Å². The number of likely N-dealkylation sites (tertiary alicyclic amines) is 1. The first-order valence-corrected chi connectivity index (χ1v) is 7.39. The summed E-state index contributed by atoms with van der Waals surface area (Å²) in [6.07, 6.45) is 2.01. The highest BCUT2D eigenvalue weighted by Gasteiger charge is 2.26. The summed E-state index contributed by atoms with van der Waals surface area (Å²) in [6.45, 7) is 4.10. The van der Waals surface area contributed by atoms with Gasteiger partial charge in [-0.05, 0) is 32.4 Å². The van der Waals surface area contributed by atoms with Gasteiger partial charge in [-0.15, -0.1) is 0 Å². The molecule has 7 heteroatoms. The van der Waals surface area contributed by atoms with E-state index in [0.717, 1.165) is 6.42 Å². The van der Waals surface area contributed by atoms with Crippen LogP contribution in [0.5, 0.6) is 0 Å². The van der Waals surface area contributed by atoms with E-state index in [1.54, 1.807) is 7.05 Å². The van der Waals surface area contributed by atoms with Gasteiger partial charge in [-0.25, -0.2) is 0 Å². The van der Waals surface area contributed by atoms with Gasteiger partial charge in [0.15, 0.2) is 0 Å². The van der Waals surface area contributed by atoms with Crippen LogP contribution < -0.4 is 5.32 Å². The van der Waals surface area contributed by atoms with Crippen LogP contribution in [0.15, 0.2) is 0 Å². The number of nitrogens with zero attached hydrogens (tertiary/aromatic N) is 2. The molecule has 2 amide bonds. The molecule has 0 aliphatic carbocycles. The molecule has 2 N–H and O–H groups in total. The summed E-state index contributed by atoms with van der Waals surface area (Å²) in [5.74, 6) is -1.33. The Bertz CT molecular complexity index is 378. The molecule has 0 spiro atoms. The van der Waals surface area contributed by atoms with E-state index in [2.05, 4.69) is 5.32 Å². The fourth-order valence-corrected chi connectivity index (χ4v) is 2.27. The molecule has 0 saturated carbocycles. The maximum Gasteiger partial charge on any atom is 0.306 e. The number of carbonyl (C=O) groups is 3. The molecule has 0 aromatic rings. The molecule has 1 saturated heterocycles. The Hall–Kier alpha value is -1.63. The molecule has 1 heterocycles. The van der Waals surface area contributed by atoms with Gasteiger partial charge in [-0.1, -0.05) is 6.92 Å². The quantitative estimate of drug-likeness (QED) is 0.677. The van der Waals surface area contributed by atoms with E-state index in [9.17, 15) is 14.4 Å². The lowest BCUT2D eigenvalue weighted by molar-refractivity contribution is -0.143. The molecular formula is C14H25N3O4. The van der Waals surface area contributed by atoms with Crippen LogP contribution in [0.4, 0.5) is 0 Å². The van der Waals surface area contributed by atoms with Crippen LogP contribution >= 0.6 is 0 Å². The van der Waals surface area contributed by atoms with Gasteiger partial charge < -0.3 is 15.3 Å². The van der Waals surface area contributed by atoms with Crippen molar-refractivity contribution in [1.82, 2.24) is 15.1 Å². The molecule has 0 aromatic carbocycles. The van der Waals surface area contributed by atoms with Crippen LogP contribution in [-0.2, 0) is 14.4 Å². The smallest absolute Gasteiger partial charge is 0.306 e. The number of hydrogen-bond donors (Lipinski definition) is 2. The Kier molecular flexibility index (Phi) is 7.14. The molecule has 1 rings (SSSR count). The molecule has 7 nitrogen and oxygen atoms in total. The number of piperidine rings is 1. The SMILES string of the molecule is CCCNC(=O)CN(C)C(=O)CN1CCC(C(=O)O)CC1. The molecule has 120 valence electrons. The topological polar surface area (TPSA) is 90.0 Å². The average Bonchev–Trinajstić information content (AvgIpc) is 2.45. The molecule has 0 radical (unpaired) electrons. The first-order chi connectivity index (χ1) is 9.93. The van der Waals surface area contributed by atoms with Crippen molar-refractivity contribution in [2.24, 2.45) is 5.92 Å². The molecule has 1 fully saturated rings. The van der Waals surface area contributed by atoms with Gasteiger partial charge in [-0.3, -0.25) is 19.3 Å². The summed E-state index contributed by atoms with van der Waals surface area (Å²) < 4.78 is 0. The average molecular weight is 299 g/mol. The summed E-state index contributed by atoms with van der Waals surface area (Å²) in [4.78, 5) is 37.8. The van der Waals surface area contributed by atoms with Gasteiger partial charge in [-0.2, -0.15) is 0 Å². The summed E-state index contributed by atoms with van der Waals surface area (Å²) in [6, 6.07) is 0. The van der Waals surface area contributed by atoms with E-state index in [0.29, 0.717) is 32.5 Å². The largest absolute Gasteiger partial charge is 0.481 e. The minimum absolute atomic E-state index is 0.0599. The van der Waals surface area contributed by atoms with Crippen LogP contribution in [0.1, 0.15) is 26.2 Å². The molecule has 0 unspecified atom stereocenters. The van der Waals surface area contributed by atoms with Crippen molar-refractivity contribution in [3.63, 3.8) is 0 Å². The van der Waals surface area contributed by atoms with E-state index in [-0.39, 0.29) is 30.8 Å². The van der Waals surface area contributed by atoms with E-state index in [1.165, 1.54) is 4.90 Å². The van der Waals surface area contributed by atoms with Crippen LogP contribution in [0.3, 0.4) is 0 Å². The molecule has 21 heavy (non-hydrogen) atoms. The zero-order valence-electron chi connectivity index (χ0n) is 12.8. The van der Waals surface area contributed by atoms with Crippen LogP contribution in [-0.4, -0.2) is 72.5 Å². The number of nitrogens with one attached hydrogen (secondary N) is 1. The summed E-state index contributed by atoms with van der Waals surface area (Å²) in [7, 11) is 1.61. The van der Waals surface area contributed by atoms with E-state index in [1.807, 2.05) is 11.8 Å². The third-order valence-electron chi connectivity index (χ3n) is 3.67. The van der Waals surface area contributed by atoms with Crippen molar-refractivity contribution in [2.45, 2.75) is 26.2 Å². The number of carbonyl (C=O) groups excluding carboxylic acids is 2. The van der Waals surface area contributed by atoms with Crippen molar-refractivity contribution < 1.29 is 19.5 Å². The standard InChI is InChI=1S/C14H25N3O4/c1-3-6-15-12(18)9-16(2)13(19)10-17-7-4-11(5-8-17)14(20)21/h11H,3-10H2,1-2H3,(H,15,18)(H,20,21). The van der Waals surface area contributed by atoms with Crippen LogP contribution in [0.25, 0.3) is 0 Å². The van der Waals surface area contributed by atoms with Crippen molar-refractivity contribution in [3.8, 4) is 0 Å². The Morgan fingerprint density at radius 3 is 2.43 bits per heavy atom. The molecule has 0 aromatic heterocycles. The molecule has 1 aliphatic rings. The van der Waals surface area contributed by atoms with Crippen molar-refractivity contribution in [3.05, 3.63) is 0 Å². The third kappa shape index (κ3) is 6.12.